The number of ether oxygens (including phenoxy) is 1. The summed E-state index contributed by atoms with van der Waals surface area (Å²) in [5, 5.41) is 5.54. The third-order valence-electron chi connectivity index (χ3n) is 18.3. The molecule has 85 heavy (non-hydrogen) atoms. The first-order chi connectivity index (χ1) is 40.1. The summed E-state index contributed by atoms with van der Waals surface area (Å²) in [6, 6.07) is 71.2. The molecule has 0 bridgehead atoms. The van der Waals surface area contributed by atoms with Gasteiger partial charge in [0.1, 0.15) is 13.9 Å². The molecule has 0 saturated heterocycles. The maximum absolute atomic E-state index is 7.32. The first kappa shape index (κ1) is 56.4. The van der Waals surface area contributed by atoms with E-state index < -0.39 is 8.07 Å². The second-order valence-corrected chi connectivity index (χ2v) is 31.8. The molecule has 6 nitrogen and oxygen atoms in total. The molecular formula is C77H74N5OPtSi-3. The van der Waals surface area contributed by atoms with Crippen LogP contribution in [0.25, 0.3) is 45.1 Å². The molecular weight excluding hydrogens is 1230 g/mol. The summed E-state index contributed by atoms with van der Waals surface area (Å²) in [5.41, 5.74) is 20.1. The number of anilines is 6. The molecule has 0 amide bonds. The van der Waals surface area contributed by atoms with Gasteiger partial charge in [0.2, 0.25) is 0 Å². The molecule has 0 N–H and O–H groups in total. The molecule has 1 spiro atoms. The Morgan fingerprint density at radius 1 is 0.529 bits per heavy atom. The van der Waals surface area contributed by atoms with E-state index in [0.717, 1.165) is 40.5 Å². The number of benzene rings is 8. The molecule has 8 heteroatoms. The number of fused-ring (bicyclic) bond motifs is 7. The molecule has 14 rings (SSSR count). The van der Waals surface area contributed by atoms with Crippen molar-refractivity contribution < 1.29 is 25.8 Å². The van der Waals surface area contributed by atoms with Crippen LogP contribution in [0.2, 0.25) is 0 Å². The number of aromatic nitrogens is 2. The van der Waals surface area contributed by atoms with Gasteiger partial charge in [-0.05, 0) is 132 Å². The van der Waals surface area contributed by atoms with Gasteiger partial charge in [0.25, 0.3) is 0 Å². The zero-order valence-corrected chi connectivity index (χ0v) is 54.5. The largest absolute Gasteiger partial charge is 0.509 e. The molecule has 5 heterocycles. The second kappa shape index (κ2) is 20.2. The molecule has 1 atom stereocenters. The molecule has 3 aliphatic heterocycles. The summed E-state index contributed by atoms with van der Waals surface area (Å²) in [4.78, 5) is 12.3. The summed E-state index contributed by atoms with van der Waals surface area (Å²) in [5.74, 6) is 2.17. The molecule has 4 aliphatic rings. The molecule has 8 aromatic carbocycles. The van der Waals surface area contributed by atoms with Gasteiger partial charge in [0.15, 0.2) is 0 Å². The minimum atomic E-state index is -2.84. The monoisotopic (exact) mass is 1310 g/mol. The third kappa shape index (κ3) is 9.09. The van der Waals surface area contributed by atoms with Crippen molar-refractivity contribution in [3.63, 3.8) is 0 Å². The van der Waals surface area contributed by atoms with E-state index in [1.807, 2.05) is 12.3 Å². The Hall–Kier alpha value is -7.70. The first-order valence-electron chi connectivity index (χ1n) is 29.9. The van der Waals surface area contributed by atoms with Crippen LogP contribution in [0, 0.1) is 18.8 Å². The van der Waals surface area contributed by atoms with E-state index >= 15 is 0 Å². The van der Waals surface area contributed by atoms with Gasteiger partial charge in [-0.3, -0.25) is 0 Å². The van der Waals surface area contributed by atoms with Crippen LogP contribution >= 0.6 is 0 Å². The van der Waals surface area contributed by atoms with Crippen LogP contribution in [0.3, 0.4) is 0 Å². The van der Waals surface area contributed by atoms with Crippen LogP contribution in [0.4, 0.5) is 34.1 Å². The minimum absolute atomic E-state index is 0. The summed E-state index contributed by atoms with van der Waals surface area (Å²) in [7, 11) is -0.613. The van der Waals surface area contributed by atoms with E-state index in [1.165, 1.54) is 88.1 Å². The normalized spacial score (nSPS) is 15.7. The maximum atomic E-state index is 7.32. The van der Waals surface area contributed by atoms with Gasteiger partial charge in [-0.15, -0.1) is 53.3 Å². The Labute approximate surface area is 519 Å². The van der Waals surface area contributed by atoms with Gasteiger partial charge in [0, 0.05) is 91.1 Å². The number of allylic oxidation sites excluding steroid dienone is 1. The number of hydrogen-bond acceptors (Lipinski definition) is 5. The van der Waals surface area contributed by atoms with Crippen molar-refractivity contribution in [2.45, 2.75) is 117 Å². The molecule has 2 aromatic heterocycles. The van der Waals surface area contributed by atoms with E-state index in [2.05, 4.69) is 304 Å². The predicted octanol–water partition coefficient (Wildman–Crippen LogP) is 18.0. The molecule has 0 radical (unpaired) electrons. The maximum Gasteiger partial charge on any atom is 0.137 e. The van der Waals surface area contributed by atoms with Gasteiger partial charge >= 0.3 is 0 Å². The Morgan fingerprint density at radius 2 is 1.09 bits per heavy atom. The predicted molar refractivity (Wildman–Crippen MR) is 354 cm³/mol. The molecule has 1 aliphatic carbocycles. The van der Waals surface area contributed by atoms with E-state index in [-0.39, 0.29) is 48.3 Å². The van der Waals surface area contributed by atoms with Crippen LogP contribution < -0.4 is 35.0 Å². The standard InChI is InChI=1S/C77H74N5OSi.Pt/c1-74(2,3)51-37-38-78-70(44-51)82-64-33-24-36-68-71(64)72-65(82)46-57(47-69(72)84(68)66-34-21-19-31-62(66)79(13)63-32-20-22-35-67(63)84)83-56-28-23-27-55(45-56)80-48-81(61-30-18-17-29-60(61)80)73-58(49-25-15-14-16-26-49)42-54(77(10,11)12)43-59(73)50-39-52(75(4,5)6)41-53(40-50)76(7,8)9;/h14-35,37-44,47-48,68H,36H2,1-13H3;/q-3;. The number of nitrogens with zero attached hydrogens (tertiary/aromatic N) is 5. The number of para-hydroxylation sites is 4. The average Bonchev–Trinajstić information content (AvgIpc) is 1.53. The Balaban J connectivity index is 0.00000672. The zero-order valence-electron chi connectivity index (χ0n) is 51.2. The fourth-order valence-corrected chi connectivity index (χ4v) is 20.2. The molecule has 1 unspecified atom stereocenters. The van der Waals surface area contributed by atoms with Crippen LogP contribution in [-0.2, 0) is 42.7 Å². The van der Waals surface area contributed by atoms with Crippen LogP contribution in [0.1, 0.15) is 129 Å². The summed E-state index contributed by atoms with van der Waals surface area (Å²) in [6.45, 7) is 30.0. The van der Waals surface area contributed by atoms with Gasteiger partial charge < -0.3 is 24.0 Å². The van der Waals surface area contributed by atoms with Crippen molar-refractivity contribution >= 4 is 74.7 Å². The number of pyridine rings is 1. The van der Waals surface area contributed by atoms with Crippen molar-refractivity contribution in [2.24, 2.45) is 0 Å². The zero-order chi connectivity index (χ0) is 58.4. The van der Waals surface area contributed by atoms with Gasteiger partial charge in [-0.2, -0.15) is 6.07 Å². The van der Waals surface area contributed by atoms with Crippen molar-refractivity contribution in [3.05, 3.63) is 234 Å². The van der Waals surface area contributed by atoms with Gasteiger partial charge in [0.05, 0.1) is 0 Å². The summed E-state index contributed by atoms with van der Waals surface area (Å²) in [6.07, 6.45) is 7.68. The fraction of sp³-hybridized carbons (Fsp3) is 0.247. The van der Waals surface area contributed by atoms with E-state index in [4.69, 9.17) is 9.72 Å². The van der Waals surface area contributed by atoms with E-state index in [9.17, 15) is 0 Å². The number of hydrogen-bond donors (Lipinski definition) is 0. The molecule has 10 aromatic rings. The topological polar surface area (TPSA) is 36.8 Å². The second-order valence-electron chi connectivity index (χ2n) is 27.8. The van der Waals surface area contributed by atoms with Crippen LogP contribution in [-0.4, -0.2) is 24.7 Å². The summed E-state index contributed by atoms with van der Waals surface area (Å²) < 4.78 is 9.69. The molecule has 0 fully saturated rings. The van der Waals surface area contributed by atoms with Crippen molar-refractivity contribution in [1.82, 2.24) is 9.55 Å². The average molecular weight is 1310 g/mol. The van der Waals surface area contributed by atoms with Gasteiger partial charge in [-0.1, -0.05) is 197 Å². The van der Waals surface area contributed by atoms with Crippen molar-refractivity contribution in [1.29, 1.82) is 0 Å². The van der Waals surface area contributed by atoms with Crippen LogP contribution in [0.15, 0.2) is 182 Å². The van der Waals surface area contributed by atoms with Crippen molar-refractivity contribution in [2.75, 3.05) is 21.7 Å². The van der Waals surface area contributed by atoms with Crippen molar-refractivity contribution in [3.8, 4) is 39.6 Å². The first-order valence-corrected chi connectivity index (χ1v) is 32.0. The smallest absolute Gasteiger partial charge is 0.137 e. The SMILES string of the molecule is CN1c2ccccc2[Si]2(c3ccccc31)c1cc(Oc3[c-]c(N4[CH-]N(c5c(-c6ccccc6)cc(C(C)(C)C)cc5-c5cc(C(C)(C)C)cc(C(C)(C)C)c5)c5ccccc54)ccc3)[c-]c3c1c1c(n3-c3cc(C(C)(C)C)ccn3)C=CCC12.[Pt]. The van der Waals surface area contributed by atoms with Gasteiger partial charge in [-0.25, -0.2) is 4.98 Å². The Kier molecular flexibility index (Phi) is 13.4. The van der Waals surface area contributed by atoms with Crippen LogP contribution in [0.5, 0.6) is 11.5 Å². The Morgan fingerprint density at radius 3 is 1.72 bits per heavy atom. The fourth-order valence-electron chi connectivity index (χ4n) is 13.9. The quantitative estimate of drug-likeness (QED) is 0.117. The van der Waals surface area contributed by atoms with E-state index in [0.29, 0.717) is 11.5 Å². The molecule has 430 valence electrons. The third-order valence-corrected chi connectivity index (χ3v) is 23.7. The molecule has 0 saturated carbocycles. The Bertz CT molecular complexity index is 4260. The van der Waals surface area contributed by atoms with E-state index in [1.54, 1.807) is 0 Å². The minimum Gasteiger partial charge on any atom is -0.509 e. The number of rotatable bonds is 7. The summed E-state index contributed by atoms with van der Waals surface area (Å²) >= 11 is 0.